The van der Waals surface area contributed by atoms with E-state index >= 15 is 0 Å². The van der Waals surface area contributed by atoms with Crippen molar-refractivity contribution in [1.82, 2.24) is 9.88 Å². The molecule has 0 amide bonds. The number of ether oxygens (including phenoxy) is 1. The van der Waals surface area contributed by atoms with Gasteiger partial charge in [-0.15, -0.1) is 0 Å². The minimum atomic E-state index is 0.566. The highest BCUT2D eigenvalue weighted by atomic mass is 16.5. The molecule has 2 fully saturated rings. The number of hydrogen-bond acceptors (Lipinski definition) is 5. The van der Waals surface area contributed by atoms with E-state index in [1.165, 1.54) is 51.7 Å². The molecule has 5 nitrogen and oxygen atoms in total. The molecule has 24 heavy (non-hydrogen) atoms. The first-order valence-electron chi connectivity index (χ1n) is 9.41. The second-order valence-corrected chi connectivity index (χ2v) is 7.43. The van der Waals surface area contributed by atoms with Crippen molar-refractivity contribution in [2.75, 3.05) is 57.2 Å². The molecule has 0 saturated carbocycles. The molecule has 1 aromatic heterocycles. The first kappa shape index (κ1) is 17.5. The summed E-state index contributed by atoms with van der Waals surface area (Å²) in [7, 11) is 4.04. The second kappa shape index (κ2) is 8.67. The lowest BCUT2D eigenvalue weighted by Crippen LogP contribution is -2.33. The highest BCUT2D eigenvalue weighted by Gasteiger charge is 2.21. The summed E-state index contributed by atoms with van der Waals surface area (Å²) in [6, 6.07) is 4.79. The molecule has 1 atom stereocenters. The standard InChI is InChI=1S/C19H32N4O/c1-22(2)19-6-5-18(14-20-19)21-17-4-3-10-23(11-7-17)15-16-8-12-24-13-9-16/h5-6,14,16-17,21H,3-4,7-13,15H2,1-2H3/t17-/m1/s1. The van der Waals surface area contributed by atoms with E-state index in [9.17, 15) is 0 Å². The average molecular weight is 332 g/mol. The number of rotatable bonds is 5. The maximum Gasteiger partial charge on any atom is 0.128 e. The molecule has 134 valence electrons. The predicted octanol–water partition coefficient (Wildman–Crippen LogP) is 2.84. The van der Waals surface area contributed by atoms with Crippen molar-refractivity contribution < 1.29 is 4.74 Å². The van der Waals surface area contributed by atoms with Crippen molar-refractivity contribution in [3.63, 3.8) is 0 Å². The van der Waals surface area contributed by atoms with Gasteiger partial charge in [0.25, 0.3) is 0 Å². The summed E-state index contributed by atoms with van der Waals surface area (Å²) < 4.78 is 5.48. The summed E-state index contributed by atoms with van der Waals surface area (Å²) in [5, 5.41) is 3.68. The normalized spacial score (nSPS) is 23.7. The number of pyridine rings is 1. The summed E-state index contributed by atoms with van der Waals surface area (Å²) in [5.41, 5.74) is 1.14. The largest absolute Gasteiger partial charge is 0.381 e. The molecule has 0 radical (unpaired) electrons. The van der Waals surface area contributed by atoms with Crippen LogP contribution < -0.4 is 10.2 Å². The first-order chi connectivity index (χ1) is 11.7. The number of hydrogen-bond donors (Lipinski definition) is 1. The van der Waals surface area contributed by atoms with Gasteiger partial charge in [0.1, 0.15) is 5.82 Å². The molecular weight excluding hydrogens is 300 g/mol. The molecule has 3 rings (SSSR count). The smallest absolute Gasteiger partial charge is 0.128 e. The SMILES string of the molecule is CN(C)c1ccc(N[C@@H]2CCCN(CC3CCOCC3)CC2)cn1. The van der Waals surface area contributed by atoms with Gasteiger partial charge in [-0.05, 0) is 56.7 Å². The first-order valence-corrected chi connectivity index (χ1v) is 9.41. The van der Waals surface area contributed by atoms with Crippen molar-refractivity contribution in [2.24, 2.45) is 5.92 Å². The fourth-order valence-corrected chi connectivity index (χ4v) is 3.75. The van der Waals surface area contributed by atoms with E-state index in [4.69, 9.17) is 4.74 Å². The average Bonchev–Trinajstić information content (AvgIpc) is 2.82. The summed E-state index contributed by atoms with van der Waals surface area (Å²) in [6.45, 7) is 5.62. The molecule has 5 heteroatoms. The zero-order chi connectivity index (χ0) is 16.8. The van der Waals surface area contributed by atoms with Gasteiger partial charge in [0.2, 0.25) is 0 Å². The van der Waals surface area contributed by atoms with Gasteiger partial charge in [-0.25, -0.2) is 4.98 Å². The molecule has 0 spiro atoms. The van der Waals surface area contributed by atoms with Gasteiger partial charge in [-0.2, -0.15) is 0 Å². The molecule has 0 bridgehead atoms. The third-order valence-corrected chi connectivity index (χ3v) is 5.25. The van der Waals surface area contributed by atoms with Crippen molar-refractivity contribution in [3.05, 3.63) is 18.3 Å². The Morgan fingerprint density at radius 2 is 2.00 bits per heavy atom. The van der Waals surface area contributed by atoms with Gasteiger partial charge in [0.15, 0.2) is 0 Å². The molecule has 0 aromatic carbocycles. The zero-order valence-corrected chi connectivity index (χ0v) is 15.2. The van der Waals surface area contributed by atoms with Crippen LogP contribution in [0.2, 0.25) is 0 Å². The monoisotopic (exact) mass is 332 g/mol. The molecule has 1 aromatic rings. The summed E-state index contributed by atoms with van der Waals surface area (Å²) in [4.78, 5) is 9.20. The minimum Gasteiger partial charge on any atom is -0.381 e. The van der Waals surface area contributed by atoms with Gasteiger partial charge in [0, 0.05) is 46.4 Å². The highest BCUT2D eigenvalue weighted by Crippen LogP contribution is 2.21. The molecule has 2 aliphatic rings. The third kappa shape index (κ3) is 5.08. The van der Waals surface area contributed by atoms with Crippen LogP contribution in [-0.4, -0.2) is 62.9 Å². The lowest BCUT2D eigenvalue weighted by Gasteiger charge is -2.29. The summed E-state index contributed by atoms with van der Waals surface area (Å²) >= 11 is 0. The van der Waals surface area contributed by atoms with E-state index in [1.54, 1.807) is 0 Å². The zero-order valence-electron chi connectivity index (χ0n) is 15.2. The van der Waals surface area contributed by atoms with E-state index in [0.29, 0.717) is 6.04 Å². The van der Waals surface area contributed by atoms with Crippen LogP contribution in [0.25, 0.3) is 0 Å². The quantitative estimate of drug-likeness (QED) is 0.898. The maximum absolute atomic E-state index is 5.48. The van der Waals surface area contributed by atoms with Crippen LogP contribution in [0.5, 0.6) is 0 Å². The van der Waals surface area contributed by atoms with Crippen molar-refractivity contribution in [1.29, 1.82) is 0 Å². The van der Waals surface area contributed by atoms with E-state index in [1.807, 2.05) is 25.2 Å². The van der Waals surface area contributed by atoms with Crippen LogP contribution in [0.3, 0.4) is 0 Å². The van der Waals surface area contributed by atoms with Crippen LogP contribution in [-0.2, 0) is 4.74 Å². The number of nitrogens with one attached hydrogen (secondary N) is 1. The number of aromatic nitrogens is 1. The Morgan fingerprint density at radius 3 is 2.71 bits per heavy atom. The van der Waals surface area contributed by atoms with E-state index in [2.05, 4.69) is 27.3 Å². The van der Waals surface area contributed by atoms with Gasteiger partial charge < -0.3 is 19.9 Å². The lowest BCUT2D eigenvalue weighted by atomic mass is 9.99. The van der Waals surface area contributed by atoms with Gasteiger partial charge >= 0.3 is 0 Å². The molecule has 2 aliphatic heterocycles. The van der Waals surface area contributed by atoms with Crippen LogP contribution >= 0.6 is 0 Å². The maximum atomic E-state index is 5.48. The highest BCUT2D eigenvalue weighted by molar-refractivity contribution is 5.48. The Hall–Kier alpha value is -1.33. The lowest BCUT2D eigenvalue weighted by molar-refractivity contribution is 0.0529. The Morgan fingerprint density at radius 1 is 1.17 bits per heavy atom. The Labute approximate surface area is 146 Å². The molecule has 2 saturated heterocycles. The van der Waals surface area contributed by atoms with Gasteiger partial charge in [-0.1, -0.05) is 0 Å². The van der Waals surface area contributed by atoms with Crippen LogP contribution in [0, 0.1) is 5.92 Å². The molecular formula is C19H32N4O. The second-order valence-electron chi connectivity index (χ2n) is 7.43. The van der Waals surface area contributed by atoms with Crippen molar-refractivity contribution in [2.45, 2.75) is 38.1 Å². The number of anilines is 2. The Kier molecular flexibility index (Phi) is 6.32. The fraction of sp³-hybridized carbons (Fsp3) is 0.737. The fourth-order valence-electron chi connectivity index (χ4n) is 3.75. The van der Waals surface area contributed by atoms with E-state index in [0.717, 1.165) is 30.6 Å². The van der Waals surface area contributed by atoms with Crippen molar-refractivity contribution in [3.8, 4) is 0 Å². The van der Waals surface area contributed by atoms with Crippen molar-refractivity contribution >= 4 is 11.5 Å². The summed E-state index contributed by atoms with van der Waals surface area (Å²) in [5.74, 6) is 1.84. The van der Waals surface area contributed by atoms with Gasteiger partial charge in [0.05, 0.1) is 11.9 Å². The molecule has 1 N–H and O–H groups in total. The van der Waals surface area contributed by atoms with Gasteiger partial charge in [-0.3, -0.25) is 0 Å². The molecule has 0 unspecified atom stereocenters. The number of likely N-dealkylation sites (tertiary alicyclic amines) is 1. The Balaban J connectivity index is 1.46. The van der Waals surface area contributed by atoms with Crippen LogP contribution in [0.1, 0.15) is 32.1 Å². The van der Waals surface area contributed by atoms with Crippen LogP contribution in [0.15, 0.2) is 18.3 Å². The summed E-state index contributed by atoms with van der Waals surface area (Å²) in [6.07, 6.45) is 8.19. The topological polar surface area (TPSA) is 40.6 Å². The van der Waals surface area contributed by atoms with E-state index < -0.39 is 0 Å². The third-order valence-electron chi connectivity index (χ3n) is 5.25. The van der Waals surface area contributed by atoms with Crippen LogP contribution in [0.4, 0.5) is 11.5 Å². The Bertz CT molecular complexity index is 485. The van der Waals surface area contributed by atoms with E-state index in [-0.39, 0.29) is 0 Å². The molecule has 3 heterocycles. The number of nitrogens with zero attached hydrogens (tertiary/aromatic N) is 3. The molecule has 0 aliphatic carbocycles. The predicted molar refractivity (Wildman–Crippen MR) is 99.8 cm³/mol. The minimum absolute atomic E-state index is 0.566.